The van der Waals surface area contributed by atoms with E-state index in [1.165, 1.54) is 37.0 Å². The molecule has 1 N–H and O–H groups in total. The highest BCUT2D eigenvalue weighted by Gasteiger charge is 2.16. The van der Waals surface area contributed by atoms with Crippen molar-refractivity contribution in [3.05, 3.63) is 21.4 Å². The predicted molar refractivity (Wildman–Crippen MR) is 75.4 cm³/mol. The minimum Gasteiger partial charge on any atom is -0.299 e. The molecule has 1 heterocycles. The first-order valence-electron chi connectivity index (χ1n) is 6.66. The summed E-state index contributed by atoms with van der Waals surface area (Å²) in [6.45, 7) is 3.17. The Morgan fingerprint density at radius 3 is 3.00 bits per heavy atom. The SMILES string of the molecule is C#CC(NCCC)c1cc2c(s1)CCCCC2. The minimum absolute atomic E-state index is 0.117. The van der Waals surface area contributed by atoms with E-state index in [0.29, 0.717) is 0 Å². The molecular formula is C15H21NS. The molecule has 0 saturated heterocycles. The van der Waals surface area contributed by atoms with Gasteiger partial charge >= 0.3 is 0 Å². The second-order valence-corrected chi connectivity index (χ2v) is 5.88. The first-order valence-corrected chi connectivity index (χ1v) is 7.47. The first-order chi connectivity index (χ1) is 8.35. The highest BCUT2D eigenvalue weighted by molar-refractivity contribution is 7.12. The molecule has 0 aromatic carbocycles. The number of nitrogens with one attached hydrogen (secondary N) is 1. The topological polar surface area (TPSA) is 12.0 Å². The molecule has 1 aromatic heterocycles. The van der Waals surface area contributed by atoms with E-state index in [9.17, 15) is 0 Å². The van der Waals surface area contributed by atoms with Gasteiger partial charge in [0.15, 0.2) is 0 Å². The van der Waals surface area contributed by atoms with Crippen molar-refractivity contribution >= 4 is 11.3 Å². The molecule has 2 rings (SSSR count). The van der Waals surface area contributed by atoms with Crippen LogP contribution in [-0.2, 0) is 12.8 Å². The van der Waals surface area contributed by atoms with E-state index in [4.69, 9.17) is 6.42 Å². The van der Waals surface area contributed by atoms with Crippen molar-refractivity contribution in [3.63, 3.8) is 0 Å². The number of aryl methyl sites for hydroxylation is 2. The van der Waals surface area contributed by atoms with Gasteiger partial charge in [-0.1, -0.05) is 19.3 Å². The first kappa shape index (κ1) is 12.7. The Morgan fingerprint density at radius 1 is 1.41 bits per heavy atom. The van der Waals surface area contributed by atoms with E-state index in [1.807, 2.05) is 11.3 Å². The molecule has 1 aliphatic carbocycles. The fraction of sp³-hybridized carbons (Fsp3) is 0.600. The molecule has 0 bridgehead atoms. The number of fused-ring (bicyclic) bond motifs is 1. The molecule has 0 aliphatic heterocycles. The van der Waals surface area contributed by atoms with Crippen LogP contribution in [0.3, 0.4) is 0 Å². The van der Waals surface area contributed by atoms with E-state index < -0.39 is 0 Å². The Hall–Kier alpha value is -0.780. The third kappa shape index (κ3) is 3.12. The van der Waals surface area contributed by atoms with Crippen LogP contribution < -0.4 is 5.32 Å². The zero-order valence-electron chi connectivity index (χ0n) is 10.6. The smallest absolute Gasteiger partial charge is 0.104 e. The Kier molecular flexibility index (Phi) is 4.65. The van der Waals surface area contributed by atoms with Gasteiger partial charge in [-0.25, -0.2) is 0 Å². The van der Waals surface area contributed by atoms with Gasteiger partial charge < -0.3 is 0 Å². The number of hydrogen-bond donors (Lipinski definition) is 1. The molecule has 2 heteroatoms. The van der Waals surface area contributed by atoms with Crippen molar-refractivity contribution in [2.75, 3.05) is 6.54 Å². The van der Waals surface area contributed by atoms with E-state index in [2.05, 4.69) is 24.2 Å². The van der Waals surface area contributed by atoms with Crippen molar-refractivity contribution in [2.24, 2.45) is 0 Å². The average Bonchev–Trinajstić information content (AvgIpc) is 2.61. The van der Waals surface area contributed by atoms with Gasteiger partial charge in [0.05, 0.1) is 0 Å². The van der Waals surface area contributed by atoms with Crippen LogP contribution in [0, 0.1) is 12.3 Å². The van der Waals surface area contributed by atoms with Crippen LogP contribution in [0.5, 0.6) is 0 Å². The maximum absolute atomic E-state index is 5.63. The standard InChI is InChI=1S/C15H21NS/c1-3-10-16-13(4-2)15-11-12-8-6-5-7-9-14(12)17-15/h2,11,13,16H,3,5-10H2,1H3. The van der Waals surface area contributed by atoms with Gasteiger partial charge in [0.25, 0.3) is 0 Å². The maximum atomic E-state index is 5.63. The molecule has 1 aliphatic rings. The summed E-state index contributed by atoms with van der Waals surface area (Å²) in [6, 6.07) is 2.46. The summed E-state index contributed by atoms with van der Waals surface area (Å²) in [5, 5.41) is 3.43. The Balaban J connectivity index is 2.13. The van der Waals surface area contributed by atoms with E-state index in [0.717, 1.165) is 13.0 Å². The normalized spacial score (nSPS) is 16.9. The lowest BCUT2D eigenvalue weighted by atomic mass is 10.1. The minimum atomic E-state index is 0.117. The second kappa shape index (κ2) is 6.23. The van der Waals surface area contributed by atoms with Crippen molar-refractivity contribution in [1.82, 2.24) is 5.32 Å². The fourth-order valence-electron chi connectivity index (χ4n) is 2.36. The van der Waals surface area contributed by atoms with Gasteiger partial charge in [0.1, 0.15) is 6.04 Å². The zero-order chi connectivity index (χ0) is 12.1. The third-order valence-corrected chi connectivity index (χ3v) is 4.62. The largest absolute Gasteiger partial charge is 0.299 e. The lowest BCUT2D eigenvalue weighted by molar-refractivity contribution is 0.633. The molecule has 0 radical (unpaired) electrons. The lowest BCUT2D eigenvalue weighted by Crippen LogP contribution is -2.19. The Morgan fingerprint density at radius 2 is 2.24 bits per heavy atom. The molecular weight excluding hydrogens is 226 g/mol. The van der Waals surface area contributed by atoms with Gasteiger partial charge in [-0.05, 0) is 50.3 Å². The lowest BCUT2D eigenvalue weighted by Gasteiger charge is -2.09. The molecule has 1 nitrogen and oxygen atoms in total. The summed E-state index contributed by atoms with van der Waals surface area (Å²) in [5.74, 6) is 2.88. The molecule has 0 fully saturated rings. The van der Waals surface area contributed by atoms with Crippen LogP contribution in [0.15, 0.2) is 6.07 Å². The van der Waals surface area contributed by atoms with Crippen LogP contribution in [-0.4, -0.2) is 6.54 Å². The molecule has 0 spiro atoms. The number of hydrogen-bond acceptors (Lipinski definition) is 2. The summed E-state index contributed by atoms with van der Waals surface area (Å²) in [5.41, 5.74) is 1.56. The van der Waals surface area contributed by atoms with E-state index in [-0.39, 0.29) is 6.04 Å². The number of rotatable bonds is 4. The highest BCUT2D eigenvalue weighted by Crippen LogP contribution is 2.32. The van der Waals surface area contributed by atoms with Crippen molar-refractivity contribution in [1.29, 1.82) is 0 Å². The molecule has 17 heavy (non-hydrogen) atoms. The summed E-state index contributed by atoms with van der Waals surface area (Å²) < 4.78 is 0. The monoisotopic (exact) mass is 247 g/mol. The van der Waals surface area contributed by atoms with E-state index in [1.54, 1.807) is 10.4 Å². The molecule has 0 saturated carbocycles. The van der Waals surface area contributed by atoms with Crippen LogP contribution in [0.2, 0.25) is 0 Å². The highest BCUT2D eigenvalue weighted by atomic mass is 32.1. The summed E-state index contributed by atoms with van der Waals surface area (Å²) in [4.78, 5) is 2.92. The van der Waals surface area contributed by atoms with E-state index >= 15 is 0 Å². The average molecular weight is 247 g/mol. The summed E-state index contributed by atoms with van der Waals surface area (Å²) in [7, 11) is 0. The molecule has 0 amide bonds. The summed E-state index contributed by atoms with van der Waals surface area (Å²) in [6.07, 6.45) is 13.3. The quantitative estimate of drug-likeness (QED) is 0.632. The van der Waals surface area contributed by atoms with Crippen LogP contribution in [0.4, 0.5) is 0 Å². The van der Waals surface area contributed by atoms with Gasteiger partial charge in [0.2, 0.25) is 0 Å². The van der Waals surface area contributed by atoms with Crippen LogP contribution in [0.25, 0.3) is 0 Å². The van der Waals surface area contributed by atoms with Gasteiger partial charge in [0, 0.05) is 9.75 Å². The fourth-order valence-corrected chi connectivity index (χ4v) is 3.66. The molecule has 92 valence electrons. The molecule has 1 aromatic rings. The maximum Gasteiger partial charge on any atom is 0.104 e. The number of terminal acetylenes is 1. The Labute approximate surface area is 109 Å². The predicted octanol–water partition coefficient (Wildman–Crippen LogP) is 3.69. The van der Waals surface area contributed by atoms with Gasteiger partial charge in [-0.3, -0.25) is 5.32 Å². The van der Waals surface area contributed by atoms with Crippen LogP contribution in [0.1, 0.15) is 54.0 Å². The summed E-state index contributed by atoms with van der Waals surface area (Å²) >= 11 is 1.93. The number of thiophene rings is 1. The van der Waals surface area contributed by atoms with Crippen molar-refractivity contribution < 1.29 is 0 Å². The molecule has 1 atom stereocenters. The molecule has 1 unspecified atom stereocenters. The van der Waals surface area contributed by atoms with Crippen molar-refractivity contribution in [3.8, 4) is 12.3 Å². The van der Waals surface area contributed by atoms with Gasteiger partial charge in [-0.15, -0.1) is 17.8 Å². The second-order valence-electron chi connectivity index (χ2n) is 4.71. The van der Waals surface area contributed by atoms with Crippen LogP contribution >= 0.6 is 11.3 Å². The Bertz CT molecular complexity index is 376. The third-order valence-electron chi connectivity index (χ3n) is 3.32. The van der Waals surface area contributed by atoms with Crippen molar-refractivity contribution in [2.45, 2.75) is 51.5 Å². The van der Waals surface area contributed by atoms with Gasteiger partial charge in [-0.2, -0.15) is 0 Å². The zero-order valence-corrected chi connectivity index (χ0v) is 11.4.